The molecule has 3 amide bonds. The normalized spacial score (nSPS) is 13.9. The summed E-state index contributed by atoms with van der Waals surface area (Å²) in [6.07, 6.45) is 0.398. The second kappa shape index (κ2) is 7.48. The molecule has 0 radical (unpaired) electrons. The van der Waals surface area contributed by atoms with Gasteiger partial charge in [-0.2, -0.15) is 0 Å². The minimum absolute atomic E-state index is 0.199. The van der Waals surface area contributed by atoms with Gasteiger partial charge in [-0.15, -0.1) is 11.3 Å². The maximum atomic E-state index is 12.8. The minimum Gasteiger partial charge on any atom is -0.358 e. The Balaban J connectivity index is 1.39. The van der Waals surface area contributed by atoms with Crippen LogP contribution in [0, 0.1) is 6.92 Å². The van der Waals surface area contributed by atoms with Crippen LogP contribution in [-0.2, 0) is 9.59 Å². The zero-order valence-corrected chi connectivity index (χ0v) is 17.5. The van der Waals surface area contributed by atoms with Crippen LogP contribution in [0.5, 0.6) is 0 Å². The summed E-state index contributed by atoms with van der Waals surface area (Å²) in [6.45, 7) is 2.00. The summed E-state index contributed by atoms with van der Waals surface area (Å²) in [6, 6.07) is 14.5. The number of fused-ring (bicyclic) bond motifs is 1. The lowest BCUT2D eigenvalue weighted by molar-refractivity contribution is -0.121. The average molecular weight is 430 g/mol. The van der Waals surface area contributed by atoms with Crippen molar-refractivity contribution >= 4 is 50.8 Å². The van der Waals surface area contributed by atoms with E-state index >= 15 is 0 Å². The summed E-state index contributed by atoms with van der Waals surface area (Å²) < 4.78 is 0. The molecular formula is C23H18N4O3S. The highest BCUT2D eigenvalue weighted by Crippen LogP contribution is 2.34. The van der Waals surface area contributed by atoms with E-state index in [0.717, 1.165) is 32.8 Å². The van der Waals surface area contributed by atoms with Crippen molar-refractivity contribution in [1.82, 2.24) is 9.97 Å². The second-order valence-electron chi connectivity index (χ2n) is 7.34. The molecule has 7 nitrogen and oxygen atoms in total. The zero-order chi connectivity index (χ0) is 21.5. The first-order valence-electron chi connectivity index (χ1n) is 9.81. The van der Waals surface area contributed by atoms with Crippen LogP contribution in [0.1, 0.15) is 28.9 Å². The fraction of sp³-hybridized carbons (Fsp3) is 0.130. The lowest BCUT2D eigenvalue weighted by Gasteiger charge is -2.14. The van der Waals surface area contributed by atoms with Crippen molar-refractivity contribution in [1.29, 1.82) is 0 Å². The number of carbonyl (C=O) groups is 3. The van der Waals surface area contributed by atoms with E-state index in [2.05, 4.69) is 15.3 Å². The molecule has 2 aromatic heterocycles. The first-order valence-corrected chi connectivity index (χ1v) is 10.7. The molecule has 0 unspecified atom stereocenters. The minimum atomic E-state index is -0.350. The van der Waals surface area contributed by atoms with E-state index in [0.29, 0.717) is 16.4 Å². The molecule has 2 N–H and O–H groups in total. The van der Waals surface area contributed by atoms with Gasteiger partial charge < -0.3 is 4.98 Å². The number of hydrogen-bond donors (Lipinski definition) is 2. The van der Waals surface area contributed by atoms with Gasteiger partial charge in [-0.1, -0.05) is 24.3 Å². The number of anilines is 2. The number of aromatic amines is 1. The van der Waals surface area contributed by atoms with E-state index in [1.54, 1.807) is 24.3 Å². The van der Waals surface area contributed by atoms with Gasteiger partial charge in [-0.3, -0.25) is 24.6 Å². The topological polar surface area (TPSA) is 95.2 Å². The van der Waals surface area contributed by atoms with Gasteiger partial charge in [0.05, 0.1) is 11.4 Å². The number of rotatable bonds is 4. The van der Waals surface area contributed by atoms with Crippen LogP contribution >= 0.6 is 11.3 Å². The highest BCUT2D eigenvalue weighted by molar-refractivity contribution is 7.14. The van der Waals surface area contributed by atoms with E-state index in [1.165, 1.54) is 11.3 Å². The molecule has 1 saturated heterocycles. The van der Waals surface area contributed by atoms with Crippen LogP contribution in [0.4, 0.5) is 10.8 Å². The van der Waals surface area contributed by atoms with Crippen molar-refractivity contribution in [2.75, 3.05) is 10.2 Å². The van der Waals surface area contributed by atoms with Crippen LogP contribution in [-0.4, -0.2) is 27.7 Å². The third kappa shape index (κ3) is 3.40. The first kappa shape index (κ1) is 19.2. The number of thiazole rings is 1. The lowest BCUT2D eigenvalue weighted by atomic mass is 10.1. The predicted octanol–water partition coefficient (Wildman–Crippen LogP) is 4.51. The number of H-pyrrole nitrogens is 1. The molecule has 1 aliphatic heterocycles. The molecule has 0 atom stereocenters. The number of nitrogens with zero attached hydrogens (tertiary/aromatic N) is 2. The summed E-state index contributed by atoms with van der Waals surface area (Å²) >= 11 is 1.34. The molecule has 2 aromatic carbocycles. The molecular weight excluding hydrogens is 412 g/mol. The Hall–Kier alpha value is -3.78. The Labute approximate surface area is 181 Å². The predicted molar refractivity (Wildman–Crippen MR) is 120 cm³/mol. The van der Waals surface area contributed by atoms with Gasteiger partial charge in [0.1, 0.15) is 0 Å². The molecule has 1 fully saturated rings. The summed E-state index contributed by atoms with van der Waals surface area (Å²) in [5.74, 6) is -0.847. The number of imide groups is 1. The number of amides is 3. The fourth-order valence-corrected chi connectivity index (χ4v) is 4.57. The largest absolute Gasteiger partial charge is 0.358 e. The number of aromatic nitrogens is 2. The Bertz CT molecular complexity index is 1340. The van der Waals surface area contributed by atoms with Crippen molar-refractivity contribution in [3.63, 3.8) is 0 Å². The summed E-state index contributed by atoms with van der Waals surface area (Å²) in [5.41, 5.74) is 4.62. The maximum absolute atomic E-state index is 12.8. The summed E-state index contributed by atoms with van der Waals surface area (Å²) in [7, 11) is 0. The zero-order valence-electron chi connectivity index (χ0n) is 16.6. The van der Waals surface area contributed by atoms with Crippen molar-refractivity contribution in [3.8, 4) is 11.3 Å². The Morgan fingerprint density at radius 1 is 1.10 bits per heavy atom. The van der Waals surface area contributed by atoms with Crippen molar-refractivity contribution in [2.45, 2.75) is 19.8 Å². The van der Waals surface area contributed by atoms with Gasteiger partial charge in [0.15, 0.2) is 5.13 Å². The van der Waals surface area contributed by atoms with Gasteiger partial charge in [-0.05, 0) is 31.2 Å². The molecule has 0 saturated carbocycles. The Kier molecular flexibility index (Phi) is 4.63. The molecule has 5 rings (SSSR count). The van der Waals surface area contributed by atoms with E-state index < -0.39 is 0 Å². The van der Waals surface area contributed by atoms with Gasteiger partial charge in [-0.25, -0.2) is 4.98 Å². The highest BCUT2D eigenvalue weighted by Gasteiger charge is 2.30. The van der Waals surface area contributed by atoms with Crippen molar-refractivity contribution in [3.05, 3.63) is 65.2 Å². The Morgan fingerprint density at radius 2 is 1.87 bits per heavy atom. The number of carbonyl (C=O) groups excluding carboxylic acids is 3. The van der Waals surface area contributed by atoms with E-state index in [4.69, 9.17) is 0 Å². The van der Waals surface area contributed by atoms with Crippen molar-refractivity contribution < 1.29 is 14.4 Å². The summed E-state index contributed by atoms with van der Waals surface area (Å²) in [5, 5.41) is 6.29. The van der Waals surface area contributed by atoms with E-state index in [-0.39, 0.29) is 30.6 Å². The smallest absolute Gasteiger partial charge is 0.257 e. The molecule has 1 aliphatic rings. The van der Waals surface area contributed by atoms with E-state index in [9.17, 15) is 14.4 Å². The Morgan fingerprint density at radius 3 is 2.68 bits per heavy atom. The molecule has 0 spiro atoms. The third-order valence-electron chi connectivity index (χ3n) is 5.29. The van der Waals surface area contributed by atoms with Crippen LogP contribution in [0.2, 0.25) is 0 Å². The number of nitrogens with one attached hydrogen (secondary N) is 2. The lowest BCUT2D eigenvalue weighted by Crippen LogP contribution is -2.28. The maximum Gasteiger partial charge on any atom is 0.257 e. The van der Waals surface area contributed by atoms with Gasteiger partial charge in [0.2, 0.25) is 11.8 Å². The standard InChI is InChI=1S/C23H18N4O3S/c1-13-21(16-7-2-3-8-17(16)24-13)18-12-31-23(25-18)26-22(30)14-5-4-6-15(11-14)27-19(28)9-10-20(27)29/h2-8,11-12,24H,9-10H2,1H3,(H,25,26,30). The first-order chi connectivity index (χ1) is 15.0. The van der Waals surface area contributed by atoms with E-state index in [1.807, 2.05) is 36.6 Å². The molecule has 8 heteroatoms. The van der Waals surface area contributed by atoms with Gasteiger partial charge in [0.25, 0.3) is 5.91 Å². The monoisotopic (exact) mass is 430 g/mol. The molecule has 154 valence electrons. The second-order valence-corrected chi connectivity index (χ2v) is 8.19. The average Bonchev–Trinajstić information content (AvgIpc) is 3.44. The highest BCUT2D eigenvalue weighted by atomic mass is 32.1. The SMILES string of the molecule is Cc1[nH]c2ccccc2c1-c1csc(NC(=O)c2cccc(N3C(=O)CCC3=O)c2)n1. The number of benzene rings is 2. The van der Waals surface area contributed by atoms with Gasteiger partial charge in [0, 0.05) is 45.9 Å². The van der Waals surface area contributed by atoms with Crippen LogP contribution in [0.15, 0.2) is 53.9 Å². The van der Waals surface area contributed by atoms with Gasteiger partial charge >= 0.3 is 0 Å². The summed E-state index contributed by atoms with van der Waals surface area (Å²) in [4.78, 5) is 45.9. The molecule has 3 heterocycles. The van der Waals surface area contributed by atoms with Crippen LogP contribution in [0.25, 0.3) is 22.2 Å². The molecule has 4 aromatic rings. The van der Waals surface area contributed by atoms with Crippen LogP contribution in [0.3, 0.4) is 0 Å². The quantitative estimate of drug-likeness (QED) is 0.466. The number of aryl methyl sites for hydroxylation is 1. The number of hydrogen-bond acceptors (Lipinski definition) is 5. The fourth-order valence-electron chi connectivity index (χ4n) is 3.87. The van der Waals surface area contributed by atoms with Crippen molar-refractivity contribution in [2.24, 2.45) is 0 Å². The molecule has 0 aliphatic carbocycles. The molecule has 31 heavy (non-hydrogen) atoms. The third-order valence-corrected chi connectivity index (χ3v) is 6.05. The van der Waals surface area contributed by atoms with Crippen LogP contribution < -0.4 is 10.2 Å². The number of para-hydroxylation sites is 1. The molecule has 0 bridgehead atoms.